The van der Waals surface area contributed by atoms with Gasteiger partial charge in [0.25, 0.3) is 0 Å². The highest BCUT2D eigenvalue weighted by molar-refractivity contribution is 5.94. The zero-order chi connectivity index (χ0) is 23.1. The standard InChI is InChI=1S/C26H32N4O2/c1-5-6-12-26(32)29(19(2)3)18-25(31)27-24-17-23(21-10-8-7-9-11-21)28-30(24)22-15-13-20(4)14-16-22/h7-11,13-17,19H,5-6,12,18H2,1-4H3,(H,27,31). The summed E-state index contributed by atoms with van der Waals surface area (Å²) in [6.07, 6.45) is 2.23. The first kappa shape index (κ1) is 23.3. The Balaban J connectivity index is 1.86. The molecule has 168 valence electrons. The maximum Gasteiger partial charge on any atom is 0.245 e. The van der Waals surface area contributed by atoms with Gasteiger partial charge in [0.05, 0.1) is 11.4 Å². The highest BCUT2D eigenvalue weighted by atomic mass is 16.2. The fraction of sp³-hybridized carbons (Fsp3) is 0.346. The molecule has 32 heavy (non-hydrogen) atoms. The number of unbranched alkanes of at least 4 members (excludes halogenated alkanes) is 1. The third kappa shape index (κ3) is 5.84. The number of aromatic nitrogens is 2. The SMILES string of the molecule is CCCCC(=O)N(CC(=O)Nc1cc(-c2ccccc2)nn1-c1ccc(C)cc1)C(C)C. The normalized spacial score (nSPS) is 10.9. The number of amides is 2. The average molecular weight is 433 g/mol. The van der Waals surface area contributed by atoms with Crippen LogP contribution >= 0.6 is 0 Å². The van der Waals surface area contributed by atoms with E-state index in [0.29, 0.717) is 12.2 Å². The zero-order valence-corrected chi connectivity index (χ0v) is 19.3. The van der Waals surface area contributed by atoms with Crippen LogP contribution in [0.15, 0.2) is 60.7 Å². The molecular weight excluding hydrogens is 400 g/mol. The lowest BCUT2D eigenvalue weighted by atomic mass is 10.1. The molecule has 0 aliphatic rings. The molecule has 0 aliphatic heterocycles. The summed E-state index contributed by atoms with van der Waals surface area (Å²) in [4.78, 5) is 27.1. The second-order valence-corrected chi connectivity index (χ2v) is 8.30. The van der Waals surface area contributed by atoms with E-state index in [9.17, 15) is 9.59 Å². The number of nitrogens with one attached hydrogen (secondary N) is 1. The quantitative estimate of drug-likeness (QED) is 0.504. The van der Waals surface area contributed by atoms with Crippen molar-refractivity contribution in [2.45, 2.75) is 53.0 Å². The van der Waals surface area contributed by atoms with Crippen molar-refractivity contribution in [3.05, 3.63) is 66.2 Å². The van der Waals surface area contributed by atoms with Crippen LogP contribution in [0.3, 0.4) is 0 Å². The van der Waals surface area contributed by atoms with Crippen molar-refractivity contribution >= 4 is 17.6 Å². The van der Waals surface area contributed by atoms with Crippen molar-refractivity contribution in [2.75, 3.05) is 11.9 Å². The molecule has 3 rings (SSSR count). The van der Waals surface area contributed by atoms with Gasteiger partial charge in [0.15, 0.2) is 0 Å². The minimum atomic E-state index is -0.239. The molecule has 2 aromatic carbocycles. The van der Waals surface area contributed by atoms with Gasteiger partial charge < -0.3 is 10.2 Å². The predicted octanol–water partition coefficient (Wildman–Crippen LogP) is 5.21. The Labute approximate surface area is 190 Å². The van der Waals surface area contributed by atoms with Gasteiger partial charge in [0.1, 0.15) is 12.4 Å². The molecule has 0 spiro atoms. The topological polar surface area (TPSA) is 67.2 Å². The number of anilines is 1. The first-order chi connectivity index (χ1) is 15.4. The molecule has 0 radical (unpaired) electrons. The van der Waals surface area contributed by atoms with Crippen LogP contribution in [0.4, 0.5) is 5.82 Å². The molecule has 1 aromatic heterocycles. The average Bonchev–Trinajstić information content (AvgIpc) is 3.20. The van der Waals surface area contributed by atoms with Gasteiger partial charge in [-0.3, -0.25) is 9.59 Å². The molecule has 0 saturated heterocycles. The molecule has 0 fully saturated rings. The molecular formula is C26H32N4O2. The number of carbonyl (C=O) groups excluding carboxylic acids is 2. The molecule has 0 unspecified atom stereocenters. The van der Waals surface area contributed by atoms with E-state index in [1.54, 1.807) is 9.58 Å². The molecule has 2 amide bonds. The Morgan fingerprint density at radius 3 is 2.38 bits per heavy atom. The third-order valence-corrected chi connectivity index (χ3v) is 5.33. The van der Waals surface area contributed by atoms with Gasteiger partial charge in [-0.2, -0.15) is 5.10 Å². The second kappa shape index (κ2) is 10.8. The minimum Gasteiger partial charge on any atom is -0.331 e. The summed E-state index contributed by atoms with van der Waals surface area (Å²) >= 11 is 0. The van der Waals surface area contributed by atoms with Crippen molar-refractivity contribution in [3.63, 3.8) is 0 Å². The van der Waals surface area contributed by atoms with Crippen LogP contribution < -0.4 is 5.32 Å². The van der Waals surface area contributed by atoms with Crippen molar-refractivity contribution < 1.29 is 9.59 Å². The number of carbonyl (C=O) groups is 2. The van der Waals surface area contributed by atoms with E-state index in [1.165, 1.54) is 0 Å². The van der Waals surface area contributed by atoms with Crippen molar-refractivity contribution in [3.8, 4) is 16.9 Å². The van der Waals surface area contributed by atoms with Crippen molar-refractivity contribution in [1.29, 1.82) is 0 Å². The lowest BCUT2D eigenvalue weighted by molar-refractivity contribution is -0.136. The van der Waals surface area contributed by atoms with E-state index in [1.807, 2.05) is 81.4 Å². The Morgan fingerprint density at radius 2 is 1.75 bits per heavy atom. The minimum absolute atomic E-state index is 0.00835. The van der Waals surface area contributed by atoms with E-state index in [-0.39, 0.29) is 24.4 Å². The molecule has 1 N–H and O–H groups in total. The fourth-order valence-electron chi connectivity index (χ4n) is 3.47. The Bertz CT molecular complexity index is 1040. The van der Waals surface area contributed by atoms with Crippen LogP contribution in [0, 0.1) is 6.92 Å². The maximum absolute atomic E-state index is 12.9. The van der Waals surface area contributed by atoms with Crippen LogP contribution in [-0.4, -0.2) is 39.1 Å². The summed E-state index contributed by atoms with van der Waals surface area (Å²) in [6.45, 7) is 7.96. The lowest BCUT2D eigenvalue weighted by Crippen LogP contribution is -2.42. The molecule has 0 aliphatic carbocycles. The number of hydrogen-bond acceptors (Lipinski definition) is 3. The Morgan fingerprint density at radius 1 is 1.06 bits per heavy atom. The van der Waals surface area contributed by atoms with Crippen LogP contribution in [0.1, 0.15) is 45.6 Å². The Kier molecular flexibility index (Phi) is 7.82. The number of hydrogen-bond donors (Lipinski definition) is 1. The summed E-state index contributed by atoms with van der Waals surface area (Å²) in [5, 5.41) is 7.72. The summed E-state index contributed by atoms with van der Waals surface area (Å²) in [6, 6.07) is 19.6. The van der Waals surface area contributed by atoms with E-state index in [0.717, 1.165) is 35.3 Å². The first-order valence-corrected chi connectivity index (χ1v) is 11.2. The van der Waals surface area contributed by atoms with Gasteiger partial charge in [0, 0.05) is 24.1 Å². The summed E-state index contributed by atoms with van der Waals surface area (Å²) in [7, 11) is 0. The van der Waals surface area contributed by atoms with Crippen LogP contribution in [0.5, 0.6) is 0 Å². The van der Waals surface area contributed by atoms with E-state index in [2.05, 4.69) is 12.2 Å². The van der Waals surface area contributed by atoms with Crippen LogP contribution in [0.2, 0.25) is 0 Å². The number of nitrogens with zero attached hydrogens (tertiary/aromatic N) is 3. The van der Waals surface area contributed by atoms with Crippen LogP contribution in [-0.2, 0) is 9.59 Å². The summed E-state index contributed by atoms with van der Waals surface area (Å²) in [5.74, 6) is 0.341. The summed E-state index contributed by atoms with van der Waals surface area (Å²) in [5.41, 5.74) is 3.73. The third-order valence-electron chi connectivity index (χ3n) is 5.33. The number of aryl methyl sites for hydroxylation is 1. The fourth-order valence-corrected chi connectivity index (χ4v) is 3.47. The predicted molar refractivity (Wildman–Crippen MR) is 129 cm³/mol. The van der Waals surface area contributed by atoms with Gasteiger partial charge >= 0.3 is 0 Å². The van der Waals surface area contributed by atoms with Gasteiger partial charge in [0.2, 0.25) is 11.8 Å². The van der Waals surface area contributed by atoms with E-state index >= 15 is 0 Å². The highest BCUT2D eigenvalue weighted by Crippen LogP contribution is 2.25. The maximum atomic E-state index is 12.9. The highest BCUT2D eigenvalue weighted by Gasteiger charge is 2.21. The van der Waals surface area contributed by atoms with Gasteiger partial charge in [-0.05, 0) is 39.3 Å². The largest absolute Gasteiger partial charge is 0.331 e. The van der Waals surface area contributed by atoms with Crippen LogP contribution in [0.25, 0.3) is 16.9 Å². The molecule has 3 aromatic rings. The molecule has 6 nitrogen and oxygen atoms in total. The number of rotatable bonds is 9. The molecule has 6 heteroatoms. The number of benzene rings is 2. The Hall–Kier alpha value is -3.41. The van der Waals surface area contributed by atoms with E-state index in [4.69, 9.17) is 5.10 Å². The molecule has 0 bridgehead atoms. The van der Waals surface area contributed by atoms with E-state index < -0.39 is 0 Å². The smallest absolute Gasteiger partial charge is 0.245 e. The zero-order valence-electron chi connectivity index (χ0n) is 19.3. The molecule has 1 heterocycles. The lowest BCUT2D eigenvalue weighted by Gasteiger charge is -2.26. The molecule has 0 atom stereocenters. The van der Waals surface area contributed by atoms with Gasteiger partial charge in [-0.15, -0.1) is 0 Å². The molecule has 0 saturated carbocycles. The van der Waals surface area contributed by atoms with Gasteiger partial charge in [-0.1, -0.05) is 61.4 Å². The van der Waals surface area contributed by atoms with Gasteiger partial charge in [-0.25, -0.2) is 4.68 Å². The first-order valence-electron chi connectivity index (χ1n) is 11.2. The summed E-state index contributed by atoms with van der Waals surface area (Å²) < 4.78 is 1.73. The van der Waals surface area contributed by atoms with Crippen molar-refractivity contribution in [2.24, 2.45) is 0 Å². The second-order valence-electron chi connectivity index (χ2n) is 8.30. The monoisotopic (exact) mass is 432 g/mol. The van der Waals surface area contributed by atoms with Crippen molar-refractivity contribution in [1.82, 2.24) is 14.7 Å².